The Kier molecular flexibility index (Phi) is 3.59. The lowest BCUT2D eigenvalue weighted by Crippen LogP contribution is -2.12. The third-order valence-corrected chi connectivity index (χ3v) is 2.66. The topological polar surface area (TPSA) is 87.7 Å². The fourth-order valence-electron chi connectivity index (χ4n) is 1.87. The molecular weight excluding hydrogens is 248 g/mol. The first-order valence-electron chi connectivity index (χ1n) is 5.89. The van der Waals surface area contributed by atoms with Crippen LogP contribution in [-0.4, -0.2) is 43.1 Å². The predicted octanol–water partition coefficient (Wildman–Crippen LogP) is 0.365. The summed E-state index contributed by atoms with van der Waals surface area (Å²) in [5, 5.41) is 15.7. The standard InChI is InChI=1S/C11H16N6O2/c1-7(2)10-9(11(18)19-4)13-15-17(10)6-8-5-16(3)14-12-8/h5,7H,6H2,1-4H3. The number of nitrogens with zero attached hydrogens (tertiary/aromatic N) is 6. The third-order valence-electron chi connectivity index (χ3n) is 2.66. The minimum atomic E-state index is -0.478. The summed E-state index contributed by atoms with van der Waals surface area (Å²) in [6.07, 6.45) is 1.80. The van der Waals surface area contributed by atoms with Crippen LogP contribution < -0.4 is 0 Å². The number of ether oxygens (including phenoxy) is 1. The first kappa shape index (κ1) is 13.2. The van der Waals surface area contributed by atoms with E-state index in [-0.39, 0.29) is 11.6 Å². The molecule has 0 unspecified atom stereocenters. The van der Waals surface area contributed by atoms with Crippen molar-refractivity contribution in [2.45, 2.75) is 26.3 Å². The van der Waals surface area contributed by atoms with Crippen LogP contribution in [0, 0.1) is 0 Å². The van der Waals surface area contributed by atoms with E-state index in [4.69, 9.17) is 4.74 Å². The molecule has 0 atom stereocenters. The first-order valence-corrected chi connectivity index (χ1v) is 5.89. The molecular formula is C11H16N6O2. The Bertz CT molecular complexity index is 586. The zero-order chi connectivity index (χ0) is 14.0. The first-order chi connectivity index (χ1) is 9.02. The van der Waals surface area contributed by atoms with Gasteiger partial charge in [0.1, 0.15) is 5.69 Å². The molecule has 0 aliphatic heterocycles. The molecule has 0 radical (unpaired) electrons. The maximum absolute atomic E-state index is 11.6. The average Bonchev–Trinajstić information content (AvgIpc) is 2.95. The maximum Gasteiger partial charge on any atom is 0.360 e. The third kappa shape index (κ3) is 2.61. The molecule has 0 saturated carbocycles. The second-order valence-electron chi connectivity index (χ2n) is 4.51. The zero-order valence-electron chi connectivity index (χ0n) is 11.4. The van der Waals surface area contributed by atoms with E-state index < -0.39 is 5.97 Å². The number of carbonyl (C=O) groups excluding carboxylic acids is 1. The Balaban J connectivity index is 2.35. The van der Waals surface area contributed by atoms with E-state index in [0.717, 1.165) is 11.4 Å². The Morgan fingerprint density at radius 3 is 2.63 bits per heavy atom. The van der Waals surface area contributed by atoms with Crippen molar-refractivity contribution >= 4 is 5.97 Å². The molecule has 2 aromatic heterocycles. The normalized spacial score (nSPS) is 11.0. The van der Waals surface area contributed by atoms with E-state index in [0.29, 0.717) is 6.54 Å². The van der Waals surface area contributed by atoms with Crippen molar-refractivity contribution in [3.05, 3.63) is 23.3 Å². The van der Waals surface area contributed by atoms with Crippen molar-refractivity contribution in [2.75, 3.05) is 7.11 Å². The van der Waals surface area contributed by atoms with Gasteiger partial charge in [-0.3, -0.25) is 4.68 Å². The van der Waals surface area contributed by atoms with E-state index in [9.17, 15) is 4.79 Å². The van der Waals surface area contributed by atoms with Gasteiger partial charge in [0, 0.05) is 13.2 Å². The smallest absolute Gasteiger partial charge is 0.360 e. The number of esters is 1. The van der Waals surface area contributed by atoms with Gasteiger partial charge in [-0.25, -0.2) is 9.48 Å². The number of carbonyl (C=O) groups is 1. The molecule has 0 spiro atoms. The molecule has 2 heterocycles. The SMILES string of the molecule is COC(=O)c1nnn(Cc2cn(C)nn2)c1C(C)C. The van der Waals surface area contributed by atoms with Crippen LogP contribution in [0.15, 0.2) is 6.20 Å². The molecule has 0 N–H and O–H groups in total. The Labute approximate surface area is 110 Å². The lowest BCUT2D eigenvalue weighted by Gasteiger charge is -2.08. The molecule has 8 nitrogen and oxygen atoms in total. The van der Waals surface area contributed by atoms with E-state index >= 15 is 0 Å². The zero-order valence-corrected chi connectivity index (χ0v) is 11.4. The molecule has 8 heteroatoms. The molecule has 2 aromatic rings. The molecule has 0 aliphatic carbocycles. The number of aromatic nitrogens is 6. The van der Waals surface area contributed by atoms with Crippen LogP contribution in [0.3, 0.4) is 0 Å². The Morgan fingerprint density at radius 1 is 1.37 bits per heavy atom. The van der Waals surface area contributed by atoms with Crippen molar-refractivity contribution in [3.63, 3.8) is 0 Å². The van der Waals surface area contributed by atoms with Crippen LogP contribution >= 0.6 is 0 Å². The van der Waals surface area contributed by atoms with Gasteiger partial charge in [-0.2, -0.15) is 0 Å². The second kappa shape index (κ2) is 5.17. The van der Waals surface area contributed by atoms with Gasteiger partial charge in [0.25, 0.3) is 0 Å². The summed E-state index contributed by atoms with van der Waals surface area (Å²) < 4.78 is 7.98. The Hall–Kier alpha value is -2.25. The van der Waals surface area contributed by atoms with Gasteiger partial charge < -0.3 is 4.74 Å². The molecule has 0 amide bonds. The van der Waals surface area contributed by atoms with Crippen molar-refractivity contribution in [1.82, 2.24) is 30.0 Å². The van der Waals surface area contributed by atoms with Crippen molar-refractivity contribution in [3.8, 4) is 0 Å². The van der Waals surface area contributed by atoms with Gasteiger partial charge in [0.2, 0.25) is 0 Å². The van der Waals surface area contributed by atoms with Gasteiger partial charge in [-0.15, -0.1) is 10.2 Å². The maximum atomic E-state index is 11.6. The highest BCUT2D eigenvalue weighted by molar-refractivity contribution is 5.88. The molecule has 0 saturated heterocycles. The summed E-state index contributed by atoms with van der Waals surface area (Å²) >= 11 is 0. The average molecular weight is 264 g/mol. The van der Waals surface area contributed by atoms with E-state index in [2.05, 4.69) is 20.6 Å². The van der Waals surface area contributed by atoms with Gasteiger partial charge in [0.15, 0.2) is 5.69 Å². The molecule has 2 rings (SSSR count). The lowest BCUT2D eigenvalue weighted by atomic mass is 10.1. The van der Waals surface area contributed by atoms with Crippen LogP contribution in [0.25, 0.3) is 0 Å². The fourth-order valence-corrected chi connectivity index (χ4v) is 1.87. The second-order valence-corrected chi connectivity index (χ2v) is 4.51. The predicted molar refractivity (Wildman–Crippen MR) is 65.6 cm³/mol. The summed E-state index contributed by atoms with van der Waals surface area (Å²) in [6, 6.07) is 0. The summed E-state index contributed by atoms with van der Waals surface area (Å²) in [5.41, 5.74) is 1.74. The Morgan fingerprint density at radius 2 is 2.11 bits per heavy atom. The summed E-state index contributed by atoms with van der Waals surface area (Å²) in [4.78, 5) is 11.6. The number of hydrogen-bond donors (Lipinski definition) is 0. The number of rotatable bonds is 4. The van der Waals surface area contributed by atoms with E-state index in [1.54, 1.807) is 22.6 Å². The van der Waals surface area contributed by atoms with Gasteiger partial charge in [-0.1, -0.05) is 24.3 Å². The minimum Gasteiger partial charge on any atom is -0.464 e. The van der Waals surface area contributed by atoms with Gasteiger partial charge in [0.05, 0.1) is 19.3 Å². The highest BCUT2D eigenvalue weighted by Gasteiger charge is 2.23. The summed E-state index contributed by atoms with van der Waals surface area (Å²) in [5.74, 6) is -0.380. The van der Waals surface area contributed by atoms with Crippen LogP contribution in [0.5, 0.6) is 0 Å². The molecule has 0 bridgehead atoms. The van der Waals surface area contributed by atoms with Gasteiger partial charge >= 0.3 is 5.97 Å². The number of hydrogen-bond acceptors (Lipinski definition) is 6. The highest BCUT2D eigenvalue weighted by Crippen LogP contribution is 2.18. The monoisotopic (exact) mass is 264 g/mol. The van der Waals surface area contributed by atoms with E-state index in [1.165, 1.54) is 7.11 Å². The number of aryl methyl sites for hydroxylation is 1. The molecule has 0 fully saturated rings. The van der Waals surface area contributed by atoms with Crippen LogP contribution in [0.2, 0.25) is 0 Å². The molecule has 0 aromatic carbocycles. The molecule has 0 aliphatic rings. The largest absolute Gasteiger partial charge is 0.464 e. The number of methoxy groups -OCH3 is 1. The minimum absolute atomic E-state index is 0.0979. The summed E-state index contributed by atoms with van der Waals surface area (Å²) in [6.45, 7) is 4.36. The van der Waals surface area contributed by atoms with Crippen LogP contribution in [0.4, 0.5) is 0 Å². The quantitative estimate of drug-likeness (QED) is 0.741. The van der Waals surface area contributed by atoms with Crippen molar-refractivity contribution < 1.29 is 9.53 Å². The van der Waals surface area contributed by atoms with Crippen molar-refractivity contribution in [2.24, 2.45) is 7.05 Å². The van der Waals surface area contributed by atoms with Crippen LogP contribution in [0.1, 0.15) is 41.6 Å². The molecule has 102 valence electrons. The highest BCUT2D eigenvalue weighted by atomic mass is 16.5. The fraction of sp³-hybridized carbons (Fsp3) is 0.545. The molecule has 19 heavy (non-hydrogen) atoms. The van der Waals surface area contributed by atoms with E-state index in [1.807, 2.05) is 13.8 Å². The summed E-state index contributed by atoms with van der Waals surface area (Å²) in [7, 11) is 3.12. The van der Waals surface area contributed by atoms with Gasteiger partial charge in [-0.05, 0) is 5.92 Å². The lowest BCUT2D eigenvalue weighted by molar-refractivity contribution is 0.0592. The van der Waals surface area contributed by atoms with Crippen molar-refractivity contribution in [1.29, 1.82) is 0 Å². The van der Waals surface area contributed by atoms with Crippen LogP contribution in [-0.2, 0) is 18.3 Å².